The first kappa shape index (κ1) is 21.0. The summed E-state index contributed by atoms with van der Waals surface area (Å²) in [7, 11) is 2.09. The van der Waals surface area contributed by atoms with E-state index in [4.69, 9.17) is 5.11 Å². The van der Waals surface area contributed by atoms with Crippen LogP contribution in [0.5, 0.6) is 0 Å². The van der Waals surface area contributed by atoms with Crippen LogP contribution in [0.2, 0.25) is 0 Å². The van der Waals surface area contributed by atoms with Crippen LogP contribution in [0.1, 0.15) is 48.3 Å². The molecule has 5 rings (SSSR count). The van der Waals surface area contributed by atoms with E-state index in [0.717, 1.165) is 36.4 Å². The summed E-state index contributed by atoms with van der Waals surface area (Å²) in [5, 5.41) is 13.0. The summed E-state index contributed by atoms with van der Waals surface area (Å²) in [6, 6.07) is 7.41. The Balaban J connectivity index is 1.56. The second-order valence-electron chi connectivity index (χ2n) is 9.08. The number of rotatable bonds is 5. The maximum absolute atomic E-state index is 15.0. The fourth-order valence-electron chi connectivity index (χ4n) is 4.87. The number of benzene rings is 2. The number of nitrogens with one attached hydrogen (secondary N) is 1. The summed E-state index contributed by atoms with van der Waals surface area (Å²) in [6.07, 6.45) is 2.30. The number of hydrogen-bond donors (Lipinski definition) is 2. The molecule has 1 aliphatic carbocycles. The first-order valence-electron chi connectivity index (χ1n) is 10.7. The molecule has 1 saturated carbocycles. The number of likely N-dealkylation sites (N-methyl/N-ethyl adjacent to an activating group) is 1. The Morgan fingerprint density at radius 3 is 2.69 bits per heavy atom. The van der Waals surface area contributed by atoms with E-state index in [1.54, 1.807) is 13.8 Å². The second-order valence-corrected chi connectivity index (χ2v) is 9.08. The van der Waals surface area contributed by atoms with Crippen LogP contribution in [0, 0.1) is 12.7 Å². The molecule has 0 unspecified atom stereocenters. The summed E-state index contributed by atoms with van der Waals surface area (Å²) in [4.78, 5) is 11.4. The van der Waals surface area contributed by atoms with Crippen molar-refractivity contribution in [3.63, 3.8) is 0 Å². The molecule has 2 aliphatic rings. The predicted molar refractivity (Wildman–Crippen MR) is 118 cm³/mol. The van der Waals surface area contributed by atoms with Gasteiger partial charge in [-0.2, -0.15) is 8.78 Å². The first-order chi connectivity index (χ1) is 15.1. The lowest BCUT2D eigenvalue weighted by molar-refractivity contribution is -0.0583. The van der Waals surface area contributed by atoms with Gasteiger partial charge in [0.2, 0.25) is 0 Å². The van der Waals surface area contributed by atoms with Crippen molar-refractivity contribution >= 4 is 22.4 Å². The number of nitrogens with zero attached hydrogens (tertiary/aromatic N) is 3. The third kappa shape index (κ3) is 3.20. The van der Waals surface area contributed by atoms with E-state index in [2.05, 4.69) is 39.4 Å². The number of aromatic nitrogens is 2. The highest BCUT2D eigenvalue weighted by atomic mass is 19.3. The molecule has 2 heterocycles. The zero-order valence-electron chi connectivity index (χ0n) is 18.2. The van der Waals surface area contributed by atoms with Crippen LogP contribution in [0.15, 0.2) is 30.3 Å². The number of hydrogen-bond acceptors (Lipinski definition) is 5. The fraction of sp³-hybridized carbons (Fsp3) is 0.417. The number of aliphatic hydroxyl groups is 1. The van der Waals surface area contributed by atoms with Gasteiger partial charge in [-0.05, 0) is 50.5 Å². The van der Waals surface area contributed by atoms with Crippen LogP contribution >= 0.6 is 0 Å². The van der Waals surface area contributed by atoms with Crippen molar-refractivity contribution in [2.75, 3.05) is 30.4 Å². The summed E-state index contributed by atoms with van der Waals surface area (Å²) < 4.78 is 42.9. The minimum Gasteiger partial charge on any atom is -0.390 e. The number of fused-ring (bicyclic) bond motifs is 3. The molecule has 1 aliphatic heterocycles. The molecule has 3 aromatic rings. The molecule has 2 aromatic carbocycles. The molecule has 5 nitrogen and oxygen atoms in total. The van der Waals surface area contributed by atoms with Gasteiger partial charge in [0.05, 0.1) is 17.1 Å². The van der Waals surface area contributed by atoms with Crippen molar-refractivity contribution in [3.8, 4) is 0 Å². The Bertz CT molecular complexity index is 1230. The van der Waals surface area contributed by atoms with Crippen LogP contribution < -0.4 is 10.2 Å². The van der Waals surface area contributed by atoms with Gasteiger partial charge in [0, 0.05) is 35.6 Å². The van der Waals surface area contributed by atoms with Crippen molar-refractivity contribution in [1.29, 1.82) is 0 Å². The third-order valence-corrected chi connectivity index (χ3v) is 6.74. The maximum Gasteiger partial charge on any atom is 0.298 e. The van der Waals surface area contributed by atoms with Gasteiger partial charge < -0.3 is 15.3 Å². The number of halogens is 3. The van der Waals surface area contributed by atoms with Gasteiger partial charge in [-0.3, -0.25) is 0 Å². The molecular weight excluding hydrogens is 417 g/mol. The monoisotopic (exact) mass is 442 g/mol. The summed E-state index contributed by atoms with van der Waals surface area (Å²) in [5.74, 6) is -3.56. The Morgan fingerprint density at radius 1 is 1.25 bits per heavy atom. The van der Waals surface area contributed by atoms with Crippen LogP contribution in [-0.2, 0) is 11.3 Å². The van der Waals surface area contributed by atoms with Crippen molar-refractivity contribution < 1.29 is 18.3 Å². The largest absolute Gasteiger partial charge is 0.390 e. The van der Waals surface area contributed by atoms with Gasteiger partial charge in [-0.25, -0.2) is 14.4 Å². The predicted octanol–water partition coefficient (Wildman–Crippen LogP) is 4.82. The fourth-order valence-corrected chi connectivity index (χ4v) is 4.87. The van der Waals surface area contributed by atoms with Gasteiger partial charge in [0.15, 0.2) is 0 Å². The van der Waals surface area contributed by atoms with E-state index in [1.807, 2.05) is 0 Å². The second kappa shape index (κ2) is 7.07. The van der Waals surface area contributed by atoms with E-state index in [-0.39, 0.29) is 11.0 Å². The van der Waals surface area contributed by atoms with E-state index >= 15 is 0 Å². The van der Waals surface area contributed by atoms with Crippen molar-refractivity contribution in [2.45, 2.75) is 44.1 Å². The van der Waals surface area contributed by atoms with Crippen LogP contribution in [0.4, 0.5) is 24.7 Å². The molecule has 1 spiro atoms. The number of aliphatic hydroxyl groups excluding tert-OH is 1. The molecule has 0 radical (unpaired) electrons. The van der Waals surface area contributed by atoms with Crippen LogP contribution in [0.25, 0.3) is 10.9 Å². The quantitative estimate of drug-likeness (QED) is 0.594. The zero-order chi connectivity index (χ0) is 22.8. The lowest BCUT2D eigenvalue weighted by Gasteiger charge is -2.21. The van der Waals surface area contributed by atoms with E-state index in [1.165, 1.54) is 23.4 Å². The highest BCUT2D eigenvalue weighted by molar-refractivity contribution is 5.94. The van der Waals surface area contributed by atoms with Crippen molar-refractivity contribution in [2.24, 2.45) is 0 Å². The topological polar surface area (TPSA) is 61.3 Å². The molecule has 8 heteroatoms. The van der Waals surface area contributed by atoms with E-state index in [9.17, 15) is 13.2 Å². The van der Waals surface area contributed by atoms with E-state index in [0.29, 0.717) is 11.6 Å². The lowest BCUT2D eigenvalue weighted by Crippen LogP contribution is -2.22. The molecule has 32 heavy (non-hydrogen) atoms. The van der Waals surface area contributed by atoms with Crippen molar-refractivity contribution in [3.05, 3.63) is 58.7 Å². The van der Waals surface area contributed by atoms with Crippen LogP contribution in [0.3, 0.4) is 0 Å². The Morgan fingerprint density at radius 2 is 2.00 bits per heavy atom. The smallest absolute Gasteiger partial charge is 0.298 e. The molecular formula is C24H25F3N4O. The van der Waals surface area contributed by atoms with Gasteiger partial charge in [-0.1, -0.05) is 12.1 Å². The SMILES string of the molecule is Cc1nc(N[C@H](C)c2cccc(C(F)(F)CO)c2F)c2cc3c(cc2n1)N(C)CC31CC1. The van der Waals surface area contributed by atoms with Gasteiger partial charge in [0.25, 0.3) is 5.92 Å². The highest BCUT2D eigenvalue weighted by Crippen LogP contribution is 2.57. The molecule has 0 saturated heterocycles. The zero-order valence-corrected chi connectivity index (χ0v) is 18.2. The Labute approximate surface area is 184 Å². The van der Waals surface area contributed by atoms with Gasteiger partial charge in [0.1, 0.15) is 24.1 Å². The lowest BCUT2D eigenvalue weighted by atomic mass is 9.96. The number of anilines is 2. The average Bonchev–Trinajstić information content (AvgIpc) is 3.47. The summed E-state index contributed by atoms with van der Waals surface area (Å²) >= 11 is 0. The number of aryl methyl sites for hydroxylation is 1. The summed E-state index contributed by atoms with van der Waals surface area (Å²) in [6.45, 7) is 3.03. The summed E-state index contributed by atoms with van der Waals surface area (Å²) in [5.41, 5.74) is 2.72. The molecule has 1 fully saturated rings. The Hall–Kier alpha value is -2.87. The van der Waals surface area contributed by atoms with Gasteiger partial charge in [-0.15, -0.1) is 0 Å². The minimum atomic E-state index is -3.65. The minimum absolute atomic E-state index is 0.0830. The molecule has 2 N–H and O–H groups in total. The van der Waals surface area contributed by atoms with Gasteiger partial charge >= 0.3 is 0 Å². The number of alkyl halides is 2. The molecule has 0 amide bonds. The highest BCUT2D eigenvalue weighted by Gasteiger charge is 2.51. The molecule has 1 aromatic heterocycles. The van der Waals surface area contributed by atoms with E-state index < -0.39 is 30.0 Å². The molecule has 168 valence electrons. The van der Waals surface area contributed by atoms with Crippen molar-refractivity contribution in [1.82, 2.24) is 9.97 Å². The maximum atomic E-state index is 15.0. The molecule has 0 bridgehead atoms. The first-order valence-corrected chi connectivity index (χ1v) is 10.7. The standard InChI is InChI=1S/C24H25F3N4O/c1-13(15-5-4-6-17(21(15)25)24(26,27)12-32)28-22-16-9-18-20(10-19(16)29-14(2)30-22)31(3)11-23(18)7-8-23/h4-6,9-10,13,32H,7-8,11-12H2,1-3H3,(H,28,29,30)/t13-/m1/s1. The third-order valence-electron chi connectivity index (χ3n) is 6.74. The van der Waals surface area contributed by atoms with Crippen LogP contribution in [-0.4, -0.2) is 35.3 Å². The normalized spacial score (nSPS) is 17.7. The Kier molecular flexibility index (Phi) is 4.64. The molecule has 1 atom stereocenters. The average molecular weight is 442 g/mol.